The largest absolute Gasteiger partial charge is 0.462 e. The first-order chi connectivity index (χ1) is 34.0. The molecule has 2 bridgehead atoms. The molecule has 4 saturated heterocycles. The molecule has 15 heteroatoms. The molecule has 15 nitrogen and oxygen atoms in total. The number of carbonyl (C=O) groups is 2. The summed E-state index contributed by atoms with van der Waals surface area (Å²) in [5, 5.41) is 16.4. The van der Waals surface area contributed by atoms with E-state index in [-0.39, 0.29) is 61.2 Å². The maximum atomic E-state index is 14.8. The van der Waals surface area contributed by atoms with E-state index in [4.69, 9.17) is 52.1 Å². The molecule has 7 aliphatic rings. The summed E-state index contributed by atoms with van der Waals surface area (Å²) >= 11 is 0. The average Bonchev–Trinajstić information content (AvgIpc) is 3.69. The van der Waals surface area contributed by atoms with Crippen molar-refractivity contribution in [1.82, 2.24) is 5.32 Å². The molecule has 8 rings (SSSR count). The second kappa shape index (κ2) is 22.9. The van der Waals surface area contributed by atoms with Crippen LogP contribution < -0.4 is 5.32 Å². The number of carbonyl (C=O) groups excluding carboxylic acids is 2. The Morgan fingerprint density at radius 2 is 1.61 bits per heavy atom. The van der Waals surface area contributed by atoms with Crippen molar-refractivity contribution in [2.45, 2.75) is 191 Å². The molecule has 1 aromatic carbocycles. The number of nitrogens with one attached hydrogen (secondary N) is 1. The first-order valence-electron chi connectivity index (χ1n) is 25.9. The van der Waals surface area contributed by atoms with Crippen LogP contribution in [-0.4, -0.2) is 142 Å². The van der Waals surface area contributed by atoms with E-state index in [1.807, 2.05) is 45.2 Å². The predicted molar refractivity (Wildman–Crippen MR) is 264 cm³/mol. The molecule has 1 aromatic rings. The van der Waals surface area contributed by atoms with Crippen molar-refractivity contribution in [2.75, 3.05) is 27.9 Å². The lowest BCUT2D eigenvalue weighted by Crippen LogP contribution is -2.59. The Morgan fingerprint density at radius 3 is 2.32 bits per heavy atom. The lowest BCUT2D eigenvalue weighted by atomic mass is 9.70. The van der Waals surface area contributed by atoms with E-state index >= 15 is 0 Å². The molecule has 0 aromatic heterocycles. The van der Waals surface area contributed by atoms with E-state index in [1.165, 1.54) is 0 Å². The number of hydrogen-bond acceptors (Lipinski definition) is 15. The third-order valence-corrected chi connectivity index (χ3v) is 16.1. The van der Waals surface area contributed by atoms with E-state index in [1.54, 1.807) is 57.6 Å². The number of benzene rings is 1. The number of esters is 2. The molecular formula is C56H79NO14. The Kier molecular flexibility index (Phi) is 17.3. The molecule has 4 fully saturated rings. The van der Waals surface area contributed by atoms with Gasteiger partial charge in [-0.25, -0.2) is 4.79 Å². The summed E-state index contributed by atoms with van der Waals surface area (Å²) < 4.78 is 71.4. The van der Waals surface area contributed by atoms with Gasteiger partial charge in [-0.2, -0.15) is 0 Å². The second-order valence-electron chi connectivity index (χ2n) is 21.0. The van der Waals surface area contributed by atoms with Gasteiger partial charge in [0.15, 0.2) is 24.5 Å². The van der Waals surface area contributed by atoms with Crippen LogP contribution >= 0.6 is 0 Å². The van der Waals surface area contributed by atoms with E-state index in [0.717, 1.165) is 12.0 Å². The second-order valence-corrected chi connectivity index (χ2v) is 21.0. The Balaban J connectivity index is 1.11. The molecule has 0 amide bonds. The molecule has 71 heavy (non-hydrogen) atoms. The summed E-state index contributed by atoms with van der Waals surface area (Å²) in [6.07, 6.45) is 10.4. The Labute approximate surface area is 420 Å². The van der Waals surface area contributed by atoms with Crippen molar-refractivity contribution in [3.8, 4) is 0 Å². The standard InChI is InChI=1S/C56H79NO14/c1-12-31(2)49-34(5)23-24-55(71-49)29-41-26-40(70-55)22-21-33(4)48(67-46-28-44(62-11)51(37(8)65-46)68-45-27-43(61-10)47(57-9)36(7)64-45)32(3)17-16-20-39-30-63-52-50(69-53(58)38-18-14-13-15-19-38)35(6)25-42(54(59)66-41)56(39,52)60/h13-21,23-25,31-32,34,36-37,40-52,57,60H,12,22,26-30H2,1-11H3/b17-16+,33-21+,39-20+/t31-,32-,34-,36-,37-,40+,41-,42-,43-,44-,45-,46-,47-,48-,49+,50+,51-,52+,55+,56+/m0/s1. The highest BCUT2D eigenvalue weighted by atomic mass is 16.7. The molecule has 1 spiro atoms. The van der Waals surface area contributed by atoms with Crippen molar-refractivity contribution in [3.63, 3.8) is 0 Å². The van der Waals surface area contributed by atoms with Gasteiger partial charge in [-0.05, 0) is 82.0 Å². The highest BCUT2D eigenvalue weighted by Gasteiger charge is 2.61. The van der Waals surface area contributed by atoms with E-state index in [9.17, 15) is 14.7 Å². The number of allylic oxidation sites excluding steroid dienone is 2. The summed E-state index contributed by atoms with van der Waals surface area (Å²) in [5.41, 5.74) is 0.421. The van der Waals surface area contributed by atoms with Crippen molar-refractivity contribution in [2.24, 2.45) is 23.7 Å². The van der Waals surface area contributed by atoms with Crippen LogP contribution in [0, 0.1) is 23.7 Å². The first-order valence-corrected chi connectivity index (χ1v) is 25.9. The summed E-state index contributed by atoms with van der Waals surface area (Å²) in [6, 6.07) is 8.71. The Bertz CT molecular complexity index is 2160. The Hall–Kier alpha value is -3.58. The van der Waals surface area contributed by atoms with Crippen LogP contribution in [0.4, 0.5) is 0 Å². The van der Waals surface area contributed by atoms with Crippen LogP contribution in [0.3, 0.4) is 0 Å². The summed E-state index contributed by atoms with van der Waals surface area (Å²) in [6.45, 7) is 16.4. The van der Waals surface area contributed by atoms with Crippen molar-refractivity contribution < 1.29 is 66.8 Å². The fourth-order valence-electron chi connectivity index (χ4n) is 11.9. The minimum Gasteiger partial charge on any atom is -0.462 e. The topological polar surface area (TPSA) is 168 Å². The third kappa shape index (κ3) is 11.4. The molecule has 392 valence electrons. The van der Waals surface area contributed by atoms with Crippen LogP contribution in [0.1, 0.15) is 104 Å². The van der Waals surface area contributed by atoms with Gasteiger partial charge in [0, 0.05) is 51.7 Å². The van der Waals surface area contributed by atoms with Crippen molar-refractivity contribution in [1.29, 1.82) is 0 Å². The van der Waals surface area contributed by atoms with Gasteiger partial charge in [-0.1, -0.05) is 88.8 Å². The molecule has 6 aliphatic heterocycles. The van der Waals surface area contributed by atoms with Crippen LogP contribution in [-0.2, 0) is 56.9 Å². The third-order valence-electron chi connectivity index (χ3n) is 16.1. The average molecular weight is 990 g/mol. The van der Waals surface area contributed by atoms with Crippen LogP contribution in [0.15, 0.2) is 89.6 Å². The molecule has 0 radical (unpaired) electrons. The predicted octanol–water partition coefficient (Wildman–Crippen LogP) is 7.47. The van der Waals surface area contributed by atoms with E-state index in [2.05, 4.69) is 52.1 Å². The molecule has 20 atom stereocenters. The molecular weight excluding hydrogens is 911 g/mol. The molecule has 0 unspecified atom stereocenters. The van der Waals surface area contributed by atoms with Gasteiger partial charge < -0.3 is 62.5 Å². The number of aliphatic hydroxyl groups is 1. The molecule has 6 heterocycles. The van der Waals surface area contributed by atoms with Crippen LogP contribution in [0.5, 0.6) is 0 Å². The number of ether oxygens (including phenoxy) is 11. The molecule has 1 aliphatic carbocycles. The normalized spacial score (nSPS) is 44.3. The number of fused-ring (bicyclic) bond motifs is 2. The zero-order chi connectivity index (χ0) is 50.8. The van der Waals surface area contributed by atoms with Gasteiger partial charge in [0.25, 0.3) is 0 Å². The van der Waals surface area contributed by atoms with Gasteiger partial charge >= 0.3 is 11.9 Å². The zero-order valence-electron chi connectivity index (χ0n) is 43.5. The number of likely N-dealkylation sites (N-methyl/N-ethyl adjacent to an activating group) is 1. The lowest BCUT2D eigenvalue weighted by Gasteiger charge is -2.48. The summed E-state index contributed by atoms with van der Waals surface area (Å²) in [7, 11) is 5.29. The van der Waals surface area contributed by atoms with Crippen molar-refractivity contribution in [3.05, 3.63) is 95.1 Å². The Morgan fingerprint density at radius 1 is 0.887 bits per heavy atom. The first kappa shape index (κ1) is 53.7. The van der Waals surface area contributed by atoms with Crippen LogP contribution in [0.2, 0.25) is 0 Å². The highest BCUT2D eigenvalue weighted by Crippen LogP contribution is 2.48. The van der Waals surface area contributed by atoms with Crippen LogP contribution in [0.25, 0.3) is 0 Å². The SMILES string of the molecule is CC[C@H](C)[C@H]1O[C@]2(C=C[C@@H]1C)C[C@@H]1C[C@@H](C/C=C(\C)[C@@H](O[C@H]3C[C@H](OC)[C@@H](O[C@H]4C[C@H](OC)[C@@H](NC)[C@H](C)O4)[C@H](C)O3)[C@@H](C)/C=C/C=C3\CO[C@@H]4[C@H](OC(=O)c5ccccc5)C(C)=C[C@@H](C(=O)O1)[C@]34O)O2. The zero-order valence-corrected chi connectivity index (χ0v) is 43.5. The van der Waals surface area contributed by atoms with Crippen molar-refractivity contribution >= 4 is 11.9 Å². The fourth-order valence-corrected chi connectivity index (χ4v) is 11.9. The lowest BCUT2D eigenvalue weighted by molar-refractivity contribution is -0.312. The molecule has 0 saturated carbocycles. The van der Waals surface area contributed by atoms with Gasteiger partial charge in [0.1, 0.15) is 29.8 Å². The number of rotatable bonds is 11. The number of hydrogen-bond donors (Lipinski definition) is 2. The summed E-state index contributed by atoms with van der Waals surface area (Å²) in [5.74, 6) is -3.32. The van der Waals surface area contributed by atoms with E-state index in [0.29, 0.717) is 42.4 Å². The molecule has 2 N–H and O–H groups in total. The maximum Gasteiger partial charge on any atom is 0.338 e. The minimum atomic E-state index is -1.92. The minimum absolute atomic E-state index is 0.0121. The van der Waals surface area contributed by atoms with Gasteiger partial charge in [-0.15, -0.1) is 0 Å². The quantitative estimate of drug-likeness (QED) is 0.165. The fraction of sp³-hybridized carbons (Fsp3) is 0.679. The maximum absolute atomic E-state index is 14.8. The number of methoxy groups -OCH3 is 2. The van der Waals surface area contributed by atoms with E-state index < -0.39 is 84.6 Å². The van der Waals surface area contributed by atoms with Gasteiger partial charge in [-0.3, -0.25) is 4.79 Å². The van der Waals surface area contributed by atoms with Gasteiger partial charge in [0.2, 0.25) is 0 Å². The smallest absolute Gasteiger partial charge is 0.338 e. The summed E-state index contributed by atoms with van der Waals surface area (Å²) in [4.78, 5) is 28.3. The monoisotopic (exact) mass is 990 g/mol. The van der Waals surface area contributed by atoms with Gasteiger partial charge in [0.05, 0.1) is 60.9 Å². The highest BCUT2D eigenvalue weighted by molar-refractivity contribution is 5.89.